The molecule has 156 valence electrons. The highest BCUT2D eigenvalue weighted by atomic mass is 32.1. The molecule has 0 unspecified atom stereocenters. The standard InChI is InChI=1S/C25H16FN3O2S/c26-17-8-3-7-16(13-17)24-28-21-14-18(11-12-22(21)31-24)27-25(32)29-23(30)20-10-4-6-15-5-1-2-9-19(15)20/h1-14H,(H2,27,29,30,32). The van der Waals surface area contributed by atoms with Crippen LogP contribution in [0.1, 0.15) is 10.4 Å². The minimum absolute atomic E-state index is 0.163. The molecule has 0 saturated carbocycles. The second kappa shape index (κ2) is 8.20. The van der Waals surface area contributed by atoms with Crippen LogP contribution in [0.5, 0.6) is 0 Å². The Balaban J connectivity index is 1.33. The summed E-state index contributed by atoms with van der Waals surface area (Å²) in [6.07, 6.45) is 0. The summed E-state index contributed by atoms with van der Waals surface area (Å²) in [5, 5.41) is 7.71. The summed E-state index contributed by atoms with van der Waals surface area (Å²) >= 11 is 5.33. The minimum atomic E-state index is -0.362. The van der Waals surface area contributed by atoms with Gasteiger partial charge in [-0.2, -0.15) is 0 Å². The Bertz CT molecular complexity index is 1490. The van der Waals surface area contributed by atoms with Gasteiger partial charge in [-0.15, -0.1) is 0 Å². The van der Waals surface area contributed by atoms with E-state index in [2.05, 4.69) is 15.6 Å². The zero-order chi connectivity index (χ0) is 22.1. The first kappa shape index (κ1) is 19.8. The molecule has 2 N–H and O–H groups in total. The maximum atomic E-state index is 13.5. The molecule has 0 aliphatic heterocycles. The molecule has 0 atom stereocenters. The van der Waals surface area contributed by atoms with Gasteiger partial charge in [0.1, 0.15) is 11.3 Å². The van der Waals surface area contributed by atoms with Crippen LogP contribution in [0.15, 0.2) is 89.3 Å². The molecule has 7 heteroatoms. The van der Waals surface area contributed by atoms with Crippen molar-refractivity contribution in [2.75, 3.05) is 5.32 Å². The average Bonchev–Trinajstić information content (AvgIpc) is 3.22. The Labute approximate surface area is 187 Å². The number of carbonyl (C=O) groups excluding carboxylic acids is 1. The predicted molar refractivity (Wildman–Crippen MR) is 127 cm³/mol. The SMILES string of the molecule is O=C(NC(=S)Nc1ccc2oc(-c3cccc(F)c3)nc2c1)c1cccc2ccccc12. The number of thiocarbonyl (C=S) groups is 1. The van der Waals surface area contributed by atoms with Gasteiger partial charge in [0, 0.05) is 16.8 Å². The van der Waals surface area contributed by atoms with E-state index in [1.165, 1.54) is 12.1 Å². The summed E-state index contributed by atoms with van der Waals surface area (Å²) in [7, 11) is 0. The number of nitrogens with one attached hydrogen (secondary N) is 2. The molecule has 0 saturated heterocycles. The number of aromatic nitrogens is 1. The van der Waals surface area contributed by atoms with Crippen molar-refractivity contribution in [3.63, 3.8) is 0 Å². The van der Waals surface area contributed by atoms with E-state index in [4.69, 9.17) is 16.6 Å². The van der Waals surface area contributed by atoms with Crippen LogP contribution < -0.4 is 10.6 Å². The van der Waals surface area contributed by atoms with Crippen LogP contribution >= 0.6 is 12.2 Å². The van der Waals surface area contributed by atoms with Crippen molar-refractivity contribution in [3.8, 4) is 11.5 Å². The third-order valence-corrected chi connectivity index (χ3v) is 5.18. The first-order valence-corrected chi connectivity index (χ1v) is 10.2. The minimum Gasteiger partial charge on any atom is -0.436 e. The zero-order valence-electron chi connectivity index (χ0n) is 16.6. The van der Waals surface area contributed by atoms with Crippen molar-refractivity contribution < 1.29 is 13.6 Å². The normalized spacial score (nSPS) is 10.9. The van der Waals surface area contributed by atoms with Gasteiger partial charge in [0.15, 0.2) is 10.7 Å². The summed E-state index contributed by atoms with van der Waals surface area (Å²) in [6.45, 7) is 0. The van der Waals surface area contributed by atoms with Crippen LogP contribution in [-0.2, 0) is 0 Å². The van der Waals surface area contributed by atoms with Gasteiger partial charge in [-0.05, 0) is 65.5 Å². The van der Waals surface area contributed by atoms with E-state index in [0.29, 0.717) is 33.8 Å². The third kappa shape index (κ3) is 3.93. The molecule has 1 aromatic heterocycles. The van der Waals surface area contributed by atoms with Crippen molar-refractivity contribution in [2.45, 2.75) is 0 Å². The first-order chi connectivity index (χ1) is 15.6. The number of benzene rings is 4. The topological polar surface area (TPSA) is 67.2 Å². The van der Waals surface area contributed by atoms with Crippen molar-refractivity contribution in [1.29, 1.82) is 0 Å². The lowest BCUT2D eigenvalue weighted by atomic mass is 10.0. The van der Waals surface area contributed by atoms with Crippen LogP contribution in [0.25, 0.3) is 33.3 Å². The lowest BCUT2D eigenvalue weighted by Gasteiger charge is -2.11. The van der Waals surface area contributed by atoms with Gasteiger partial charge >= 0.3 is 0 Å². The fourth-order valence-electron chi connectivity index (χ4n) is 3.51. The molecule has 4 aromatic carbocycles. The van der Waals surface area contributed by atoms with E-state index in [-0.39, 0.29) is 16.8 Å². The summed E-state index contributed by atoms with van der Waals surface area (Å²) in [6, 6.07) is 24.5. The summed E-state index contributed by atoms with van der Waals surface area (Å²) < 4.78 is 19.2. The van der Waals surface area contributed by atoms with Crippen molar-refractivity contribution in [3.05, 3.63) is 96.3 Å². The molecule has 0 spiro atoms. The number of oxazole rings is 1. The Morgan fingerprint density at radius 3 is 2.62 bits per heavy atom. The molecule has 1 heterocycles. The lowest BCUT2D eigenvalue weighted by molar-refractivity contribution is 0.0979. The van der Waals surface area contributed by atoms with Crippen molar-refractivity contribution in [1.82, 2.24) is 10.3 Å². The second-order valence-corrected chi connectivity index (χ2v) is 7.56. The van der Waals surface area contributed by atoms with Crippen LogP contribution in [0, 0.1) is 5.82 Å². The van der Waals surface area contributed by atoms with Crippen LogP contribution in [-0.4, -0.2) is 16.0 Å². The number of carbonyl (C=O) groups is 1. The molecule has 1 amide bonds. The van der Waals surface area contributed by atoms with Gasteiger partial charge in [0.25, 0.3) is 5.91 Å². The zero-order valence-corrected chi connectivity index (χ0v) is 17.4. The molecular weight excluding hydrogens is 425 g/mol. The molecule has 0 fully saturated rings. The van der Waals surface area contributed by atoms with Gasteiger partial charge in [-0.3, -0.25) is 10.1 Å². The monoisotopic (exact) mass is 441 g/mol. The highest BCUT2D eigenvalue weighted by Gasteiger charge is 2.13. The molecular formula is C25H16FN3O2S. The first-order valence-electron chi connectivity index (χ1n) is 9.83. The average molecular weight is 441 g/mol. The number of nitrogens with zero attached hydrogens (tertiary/aromatic N) is 1. The summed E-state index contributed by atoms with van der Waals surface area (Å²) in [5.41, 5.74) is 2.87. The predicted octanol–water partition coefficient (Wildman–Crippen LogP) is 5.91. The number of hydrogen-bond donors (Lipinski definition) is 2. The summed E-state index contributed by atoms with van der Waals surface area (Å²) in [4.78, 5) is 17.2. The third-order valence-electron chi connectivity index (χ3n) is 4.98. The Kier molecular flexibility index (Phi) is 5.09. The second-order valence-electron chi connectivity index (χ2n) is 7.15. The van der Waals surface area contributed by atoms with E-state index in [1.807, 2.05) is 36.4 Å². The number of hydrogen-bond acceptors (Lipinski definition) is 4. The highest BCUT2D eigenvalue weighted by Crippen LogP contribution is 2.26. The number of rotatable bonds is 3. The highest BCUT2D eigenvalue weighted by molar-refractivity contribution is 7.80. The van der Waals surface area contributed by atoms with Crippen LogP contribution in [0.3, 0.4) is 0 Å². The van der Waals surface area contributed by atoms with Gasteiger partial charge in [-0.1, -0.05) is 42.5 Å². The van der Waals surface area contributed by atoms with E-state index >= 15 is 0 Å². The van der Waals surface area contributed by atoms with Gasteiger partial charge in [0.2, 0.25) is 5.89 Å². The molecule has 0 bridgehead atoms. The van der Waals surface area contributed by atoms with Gasteiger partial charge in [-0.25, -0.2) is 9.37 Å². The fraction of sp³-hybridized carbons (Fsp3) is 0. The number of amides is 1. The van der Waals surface area contributed by atoms with Gasteiger partial charge < -0.3 is 9.73 Å². The smallest absolute Gasteiger partial charge is 0.258 e. The molecule has 0 aliphatic rings. The molecule has 0 radical (unpaired) electrons. The van der Waals surface area contributed by atoms with E-state index < -0.39 is 0 Å². The van der Waals surface area contributed by atoms with E-state index in [0.717, 1.165) is 10.8 Å². The fourth-order valence-corrected chi connectivity index (χ4v) is 3.72. The maximum Gasteiger partial charge on any atom is 0.258 e. The van der Waals surface area contributed by atoms with E-state index in [9.17, 15) is 9.18 Å². The quantitative estimate of drug-likeness (QED) is 0.341. The van der Waals surface area contributed by atoms with Crippen molar-refractivity contribution >= 4 is 50.8 Å². The number of halogens is 1. The molecule has 5 aromatic rings. The van der Waals surface area contributed by atoms with E-state index in [1.54, 1.807) is 36.4 Å². The molecule has 5 rings (SSSR count). The largest absolute Gasteiger partial charge is 0.436 e. The maximum absolute atomic E-state index is 13.5. The lowest BCUT2D eigenvalue weighted by Crippen LogP contribution is -2.34. The molecule has 0 aliphatic carbocycles. The molecule has 32 heavy (non-hydrogen) atoms. The Morgan fingerprint density at radius 2 is 1.75 bits per heavy atom. The Morgan fingerprint density at radius 1 is 0.938 bits per heavy atom. The van der Waals surface area contributed by atoms with Gasteiger partial charge in [0.05, 0.1) is 0 Å². The number of fused-ring (bicyclic) bond motifs is 2. The van der Waals surface area contributed by atoms with Crippen LogP contribution in [0.4, 0.5) is 10.1 Å². The van der Waals surface area contributed by atoms with Crippen LogP contribution in [0.2, 0.25) is 0 Å². The number of anilines is 1. The molecule has 5 nitrogen and oxygen atoms in total. The summed E-state index contributed by atoms with van der Waals surface area (Å²) in [5.74, 6) is -0.335. The Hall–Kier alpha value is -4.10. The van der Waals surface area contributed by atoms with Crippen molar-refractivity contribution in [2.24, 2.45) is 0 Å².